The summed E-state index contributed by atoms with van der Waals surface area (Å²) in [6.07, 6.45) is -0.274. The minimum atomic E-state index is -4.69. The van der Waals surface area contributed by atoms with Gasteiger partial charge in [-0.2, -0.15) is 0 Å². The molecule has 1 aliphatic rings. The fourth-order valence-corrected chi connectivity index (χ4v) is 3.65. The van der Waals surface area contributed by atoms with Crippen LogP contribution in [0.15, 0.2) is 29.3 Å². The summed E-state index contributed by atoms with van der Waals surface area (Å²) in [7, 11) is 5.22. The van der Waals surface area contributed by atoms with Gasteiger partial charge in [0, 0.05) is 34.2 Å². The highest BCUT2D eigenvalue weighted by molar-refractivity contribution is 5.85. The number of nitrogens with zero attached hydrogens (tertiary/aromatic N) is 2. The third kappa shape index (κ3) is 6.83. The highest BCUT2D eigenvalue weighted by Gasteiger charge is 2.42. The third-order valence-corrected chi connectivity index (χ3v) is 5.10. The SMILES string of the molecule is CN=C(NCCc1ccc(OC(F)(F)F)cc1)NCC1(C(=O)N(C)C)CCCC1. The molecule has 1 amide bonds. The molecule has 0 aromatic heterocycles. The summed E-state index contributed by atoms with van der Waals surface area (Å²) < 4.78 is 40.5. The first-order chi connectivity index (χ1) is 13.6. The van der Waals surface area contributed by atoms with Crippen molar-refractivity contribution in [3.05, 3.63) is 29.8 Å². The Morgan fingerprint density at radius 3 is 2.31 bits per heavy atom. The van der Waals surface area contributed by atoms with E-state index in [0.29, 0.717) is 25.5 Å². The molecule has 0 bridgehead atoms. The number of aliphatic imine (C=N–C) groups is 1. The summed E-state index contributed by atoms with van der Waals surface area (Å²) in [5.74, 6) is 0.498. The Morgan fingerprint density at radius 2 is 1.79 bits per heavy atom. The van der Waals surface area contributed by atoms with Crippen molar-refractivity contribution in [1.82, 2.24) is 15.5 Å². The van der Waals surface area contributed by atoms with Gasteiger partial charge >= 0.3 is 6.36 Å². The second-order valence-corrected chi connectivity index (χ2v) is 7.48. The quantitative estimate of drug-likeness (QED) is 0.532. The minimum Gasteiger partial charge on any atom is -0.406 e. The second kappa shape index (κ2) is 9.84. The van der Waals surface area contributed by atoms with E-state index in [4.69, 9.17) is 0 Å². The second-order valence-electron chi connectivity index (χ2n) is 7.48. The van der Waals surface area contributed by atoms with Gasteiger partial charge in [-0.3, -0.25) is 9.79 Å². The van der Waals surface area contributed by atoms with Gasteiger partial charge in [0.2, 0.25) is 5.91 Å². The zero-order valence-electron chi connectivity index (χ0n) is 17.1. The van der Waals surface area contributed by atoms with Gasteiger partial charge in [0.1, 0.15) is 5.75 Å². The Hall–Kier alpha value is -2.45. The van der Waals surface area contributed by atoms with Crippen molar-refractivity contribution in [2.75, 3.05) is 34.2 Å². The molecule has 29 heavy (non-hydrogen) atoms. The summed E-state index contributed by atoms with van der Waals surface area (Å²) >= 11 is 0. The lowest BCUT2D eigenvalue weighted by atomic mass is 9.84. The van der Waals surface area contributed by atoms with Gasteiger partial charge in [-0.15, -0.1) is 13.2 Å². The molecule has 162 valence electrons. The molecular weight excluding hydrogens is 385 g/mol. The van der Waals surface area contributed by atoms with Crippen molar-refractivity contribution >= 4 is 11.9 Å². The van der Waals surface area contributed by atoms with Crippen LogP contribution in [0, 0.1) is 5.41 Å². The minimum absolute atomic E-state index is 0.138. The lowest BCUT2D eigenvalue weighted by Crippen LogP contribution is -2.49. The summed E-state index contributed by atoms with van der Waals surface area (Å²) in [4.78, 5) is 18.5. The molecule has 0 saturated heterocycles. The Balaban J connectivity index is 1.82. The highest BCUT2D eigenvalue weighted by Crippen LogP contribution is 2.38. The zero-order chi connectivity index (χ0) is 21.5. The van der Waals surface area contributed by atoms with Crippen LogP contribution in [0.5, 0.6) is 5.75 Å². The van der Waals surface area contributed by atoms with Gasteiger partial charge in [0.05, 0.1) is 5.41 Å². The van der Waals surface area contributed by atoms with Gasteiger partial charge in [-0.05, 0) is 37.0 Å². The first kappa shape index (κ1) is 22.8. The number of ether oxygens (including phenoxy) is 1. The Kier molecular flexibility index (Phi) is 7.75. The molecular formula is C20H29F3N4O2. The van der Waals surface area contributed by atoms with Crippen LogP contribution in [0.2, 0.25) is 0 Å². The van der Waals surface area contributed by atoms with E-state index >= 15 is 0 Å². The number of rotatable bonds is 7. The number of hydrogen-bond acceptors (Lipinski definition) is 3. The van der Waals surface area contributed by atoms with Crippen molar-refractivity contribution < 1.29 is 22.7 Å². The van der Waals surface area contributed by atoms with Gasteiger partial charge in [-0.1, -0.05) is 25.0 Å². The van der Waals surface area contributed by atoms with E-state index in [1.165, 1.54) is 12.1 Å². The standard InChI is InChI=1S/C20H29F3N4O2/c1-24-18(26-14-19(11-4-5-12-19)17(28)27(2)3)25-13-10-15-6-8-16(9-7-15)29-20(21,22)23/h6-9H,4-5,10-14H2,1-3H3,(H2,24,25,26). The Bertz CT molecular complexity index is 697. The number of nitrogens with one attached hydrogen (secondary N) is 2. The van der Waals surface area contributed by atoms with Crippen LogP contribution in [-0.4, -0.2) is 57.4 Å². The van der Waals surface area contributed by atoms with Crippen LogP contribution in [0.4, 0.5) is 13.2 Å². The van der Waals surface area contributed by atoms with Gasteiger partial charge in [0.25, 0.3) is 0 Å². The van der Waals surface area contributed by atoms with Gasteiger partial charge < -0.3 is 20.3 Å². The van der Waals surface area contributed by atoms with Gasteiger partial charge in [-0.25, -0.2) is 0 Å². The Morgan fingerprint density at radius 1 is 1.17 bits per heavy atom. The number of halogens is 3. The van der Waals surface area contributed by atoms with E-state index in [2.05, 4.69) is 20.4 Å². The molecule has 0 unspecified atom stereocenters. The van der Waals surface area contributed by atoms with E-state index in [1.807, 2.05) is 0 Å². The summed E-state index contributed by atoms with van der Waals surface area (Å²) in [6.45, 7) is 1.07. The van der Waals surface area contributed by atoms with Crippen LogP contribution < -0.4 is 15.4 Å². The molecule has 1 saturated carbocycles. The van der Waals surface area contributed by atoms with E-state index in [1.54, 1.807) is 38.2 Å². The van der Waals surface area contributed by atoms with Crippen LogP contribution in [0.25, 0.3) is 0 Å². The average molecular weight is 414 g/mol. The molecule has 0 spiro atoms. The number of benzene rings is 1. The molecule has 9 heteroatoms. The van der Waals surface area contributed by atoms with Crippen LogP contribution >= 0.6 is 0 Å². The van der Waals surface area contributed by atoms with Crippen molar-refractivity contribution in [3.63, 3.8) is 0 Å². The topological polar surface area (TPSA) is 66.0 Å². The number of carbonyl (C=O) groups excluding carboxylic acids is 1. The first-order valence-electron chi connectivity index (χ1n) is 9.66. The van der Waals surface area contributed by atoms with Crippen molar-refractivity contribution in [3.8, 4) is 5.75 Å². The molecule has 1 aliphatic carbocycles. The van der Waals surface area contributed by atoms with Crippen molar-refractivity contribution in [2.45, 2.75) is 38.5 Å². The van der Waals surface area contributed by atoms with Crippen molar-refractivity contribution in [1.29, 1.82) is 0 Å². The average Bonchev–Trinajstić information content (AvgIpc) is 3.14. The van der Waals surface area contributed by atoms with Crippen LogP contribution in [-0.2, 0) is 11.2 Å². The highest BCUT2D eigenvalue weighted by atomic mass is 19.4. The van der Waals surface area contributed by atoms with E-state index in [9.17, 15) is 18.0 Å². The van der Waals surface area contributed by atoms with E-state index in [-0.39, 0.29) is 11.7 Å². The lowest BCUT2D eigenvalue weighted by Gasteiger charge is -2.31. The summed E-state index contributed by atoms with van der Waals surface area (Å²) in [6, 6.07) is 5.80. The van der Waals surface area contributed by atoms with Crippen molar-refractivity contribution in [2.24, 2.45) is 10.4 Å². The number of alkyl halides is 3. The lowest BCUT2D eigenvalue weighted by molar-refractivity contribution is -0.274. The third-order valence-electron chi connectivity index (χ3n) is 5.10. The fraction of sp³-hybridized carbons (Fsp3) is 0.600. The fourth-order valence-electron chi connectivity index (χ4n) is 3.65. The van der Waals surface area contributed by atoms with E-state index < -0.39 is 11.8 Å². The number of guanidine groups is 1. The monoisotopic (exact) mass is 414 g/mol. The molecule has 2 rings (SSSR count). The first-order valence-corrected chi connectivity index (χ1v) is 9.66. The predicted molar refractivity (Wildman–Crippen MR) is 106 cm³/mol. The number of carbonyl (C=O) groups is 1. The zero-order valence-corrected chi connectivity index (χ0v) is 17.1. The summed E-state index contributed by atoms with van der Waals surface area (Å²) in [5, 5.41) is 6.44. The maximum absolute atomic E-state index is 12.6. The normalized spacial score (nSPS) is 16.4. The molecule has 1 aromatic carbocycles. The maximum Gasteiger partial charge on any atom is 0.573 e. The van der Waals surface area contributed by atoms with Gasteiger partial charge in [0.15, 0.2) is 5.96 Å². The molecule has 1 fully saturated rings. The summed E-state index contributed by atoms with van der Waals surface area (Å²) in [5.41, 5.74) is 0.479. The smallest absolute Gasteiger partial charge is 0.406 e. The molecule has 0 aliphatic heterocycles. The van der Waals surface area contributed by atoms with Crippen LogP contribution in [0.3, 0.4) is 0 Å². The predicted octanol–water partition coefficient (Wildman–Crippen LogP) is 2.94. The molecule has 0 atom stereocenters. The molecule has 0 radical (unpaired) electrons. The molecule has 2 N–H and O–H groups in total. The number of hydrogen-bond donors (Lipinski definition) is 2. The largest absolute Gasteiger partial charge is 0.573 e. The van der Waals surface area contributed by atoms with E-state index in [0.717, 1.165) is 31.2 Å². The maximum atomic E-state index is 12.6. The number of amides is 1. The molecule has 0 heterocycles. The van der Waals surface area contributed by atoms with Crippen LogP contribution in [0.1, 0.15) is 31.2 Å². The molecule has 1 aromatic rings. The Labute approximate surface area is 169 Å². The molecule has 6 nitrogen and oxygen atoms in total.